The summed E-state index contributed by atoms with van der Waals surface area (Å²) < 4.78 is 18.6. The maximum Gasteiger partial charge on any atom is 0.123 e. The van der Waals surface area contributed by atoms with Gasteiger partial charge in [0.15, 0.2) is 0 Å². The molecule has 1 aromatic carbocycles. The van der Waals surface area contributed by atoms with E-state index in [4.69, 9.17) is 4.74 Å². The Hall–Kier alpha value is -1.13. The van der Waals surface area contributed by atoms with Crippen molar-refractivity contribution < 1.29 is 14.2 Å². The topological polar surface area (TPSA) is 32.7 Å². The first-order chi connectivity index (χ1) is 9.54. The summed E-state index contributed by atoms with van der Waals surface area (Å²) in [7, 11) is 1.68. The van der Waals surface area contributed by atoms with Crippen LogP contribution in [0.15, 0.2) is 18.2 Å². The second-order valence-electron chi connectivity index (χ2n) is 5.64. The van der Waals surface area contributed by atoms with Crippen LogP contribution in [0.4, 0.5) is 10.1 Å². The molecule has 2 rings (SSSR count). The standard InChI is InChI=1S/C16H24FNO2/c1-11(13-4-5-13)18(8-9-20-3)16-7-6-14(17)10-15(16)12(2)19/h6-7,10-13,19H,4-5,8-9H2,1-3H3/t11?,12-/m0/s1. The largest absolute Gasteiger partial charge is 0.389 e. The third-order valence-corrected chi connectivity index (χ3v) is 4.08. The first-order valence-corrected chi connectivity index (χ1v) is 7.27. The smallest absolute Gasteiger partial charge is 0.123 e. The molecule has 4 heteroatoms. The van der Waals surface area contributed by atoms with Gasteiger partial charge >= 0.3 is 0 Å². The van der Waals surface area contributed by atoms with E-state index in [0.29, 0.717) is 24.1 Å². The van der Waals surface area contributed by atoms with Crippen LogP contribution in [-0.4, -0.2) is 31.4 Å². The molecular formula is C16H24FNO2. The summed E-state index contributed by atoms with van der Waals surface area (Å²) in [5, 5.41) is 9.91. The number of hydrogen-bond donors (Lipinski definition) is 1. The molecular weight excluding hydrogens is 257 g/mol. The lowest BCUT2D eigenvalue weighted by Gasteiger charge is -2.33. The van der Waals surface area contributed by atoms with Crippen molar-refractivity contribution in [1.29, 1.82) is 0 Å². The van der Waals surface area contributed by atoms with Gasteiger partial charge in [0.25, 0.3) is 0 Å². The fraction of sp³-hybridized carbons (Fsp3) is 0.625. The first kappa shape index (κ1) is 15.3. The minimum atomic E-state index is -0.683. The minimum absolute atomic E-state index is 0.310. The van der Waals surface area contributed by atoms with Gasteiger partial charge < -0.3 is 14.7 Å². The summed E-state index contributed by atoms with van der Waals surface area (Å²) in [4.78, 5) is 2.24. The number of aliphatic hydroxyl groups is 1. The van der Waals surface area contributed by atoms with Gasteiger partial charge in [-0.1, -0.05) is 0 Å². The zero-order chi connectivity index (χ0) is 14.7. The number of halogens is 1. The Labute approximate surface area is 120 Å². The zero-order valence-electron chi connectivity index (χ0n) is 12.5. The molecule has 1 aliphatic rings. The highest BCUT2D eigenvalue weighted by Gasteiger charge is 2.33. The van der Waals surface area contributed by atoms with E-state index in [9.17, 15) is 9.50 Å². The lowest BCUT2D eigenvalue weighted by atomic mass is 10.0. The van der Waals surface area contributed by atoms with E-state index in [-0.39, 0.29) is 5.82 Å². The monoisotopic (exact) mass is 281 g/mol. The summed E-state index contributed by atoms with van der Waals surface area (Å²) in [5.74, 6) is 0.383. The van der Waals surface area contributed by atoms with Crippen LogP contribution in [0.2, 0.25) is 0 Å². The highest BCUT2D eigenvalue weighted by atomic mass is 19.1. The van der Waals surface area contributed by atoms with Crippen LogP contribution in [0, 0.1) is 11.7 Å². The molecule has 0 aliphatic heterocycles. The van der Waals surface area contributed by atoms with Gasteiger partial charge in [0, 0.05) is 30.9 Å². The normalized spacial score (nSPS) is 17.9. The summed E-state index contributed by atoms with van der Waals surface area (Å²) in [5.41, 5.74) is 1.56. The quantitative estimate of drug-likeness (QED) is 0.833. The lowest BCUT2D eigenvalue weighted by molar-refractivity contribution is 0.195. The van der Waals surface area contributed by atoms with Gasteiger partial charge in [-0.3, -0.25) is 0 Å². The van der Waals surface area contributed by atoms with E-state index in [1.165, 1.54) is 25.0 Å². The fourth-order valence-corrected chi connectivity index (χ4v) is 2.69. The summed E-state index contributed by atoms with van der Waals surface area (Å²) in [6.07, 6.45) is 1.81. The molecule has 1 aliphatic carbocycles. The molecule has 1 unspecified atom stereocenters. The number of nitrogens with zero attached hydrogens (tertiary/aromatic N) is 1. The summed E-state index contributed by atoms with van der Waals surface area (Å²) in [6.45, 7) is 5.24. The van der Waals surface area contributed by atoms with Gasteiger partial charge in [-0.05, 0) is 50.8 Å². The molecule has 0 spiro atoms. The Morgan fingerprint density at radius 2 is 2.10 bits per heavy atom. The first-order valence-electron chi connectivity index (χ1n) is 7.27. The molecule has 0 heterocycles. The second-order valence-corrected chi connectivity index (χ2v) is 5.64. The van der Waals surface area contributed by atoms with E-state index in [0.717, 1.165) is 12.2 Å². The summed E-state index contributed by atoms with van der Waals surface area (Å²) >= 11 is 0. The van der Waals surface area contributed by atoms with Gasteiger partial charge in [-0.25, -0.2) is 4.39 Å². The van der Waals surface area contributed by atoms with Crippen molar-refractivity contribution in [2.75, 3.05) is 25.2 Å². The van der Waals surface area contributed by atoms with E-state index < -0.39 is 6.10 Å². The van der Waals surface area contributed by atoms with Crippen LogP contribution in [-0.2, 0) is 4.74 Å². The molecule has 2 atom stereocenters. The maximum atomic E-state index is 13.4. The van der Waals surface area contributed by atoms with Gasteiger partial charge in [-0.2, -0.15) is 0 Å². The Bertz CT molecular complexity index is 446. The number of aliphatic hydroxyl groups excluding tert-OH is 1. The van der Waals surface area contributed by atoms with Crippen molar-refractivity contribution in [3.05, 3.63) is 29.6 Å². The Balaban J connectivity index is 2.31. The SMILES string of the molecule is COCCN(c1ccc(F)cc1[C@H](C)O)C(C)C1CC1. The molecule has 0 saturated heterocycles. The Morgan fingerprint density at radius 1 is 1.40 bits per heavy atom. The van der Waals surface area contributed by atoms with Gasteiger partial charge in [0.05, 0.1) is 12.7 Å². The van der Waals surface area contributed by atoms with Crippen LogP contribution in [0.1, 0.15) is 38.4 Å². The molecule has 20 heavy (non-hydrogen) atoms. The van der Waals surface area contributed by atoms with Gasteiger partial charge in [0.1, 0.15) is 5.82 Å². The van der Waals surface area contributed by atoms with Crippen LogP contribution in [0.3, 0.4) is 0 Å². The molecule has 0 aromatic heterocycles. The van der Waals surface area contributed by atoms with Crippen LogP contribution >= 0.6 is 0 Å². The number of methoxy groups -OCH3 is 1. The van der Waals surface area contributed by atoms with Crippen LogP contribution in [0.25, 0.3) is 0 Å². The van der Waals surface area contributed by atoms with Gasteiger partial charge in [-0.15, -0.1) is 0 Å². The van der Waals surface area contributed by atoms with Crippen LogP contribution < -0.4 is 4.90 Å². The number of ether oxygens (including phenoxy) is 1. The average Bonchev–Trinajstić information content (AvgIpc) is 3.24. The number of hydrogen-bond acceptors (Lipinski definition) is 3. The highest BCUT2D eigenvalue weighted by Crippen LogP contribution is 2.38. The van der Waals surface area contributed by atoms with E-state index in [2.05, 4.69) is 11.8 Å². The van der Waals surface area contributed by atoms with Crippen molar-refractivity contribution >= 4 is 5.69 Å². The molecule has 1 fully saturated rings. The van der Waals surface area contributed by atoms with E-state index >= 15 is 0 Å². The average molecular weight is 281 g/mol. The second kappa shape index (κ2) is 6.55. The maximum absolute atomic E-state index is 13.4. The predicted octanol–water partition coefficient (Wildman–Crippen LogP) is 3.13. The highest BCUT2D eigenvalue weighted by molar-refractivity contribution is 5.55. The molecule has 1 aromatic rings. The third kappa shape index (κ3) is 3.49. The molecule has 0 amide bonds. The fourth-order valence-electron chi connectivity index (χ4n) is 2.69. The van der Waals surface area contributed by atoms with Crippen LogP contribution in [0.5, 0.6) is 0 Å². The molecule has 3 nitrogen and oxygen atoms in total. The molecule has 1 N–H and O–H groups in total. The van der Waals surface area contributed by atoms with Crippen molar-refractivity contribution in [2.24, 2.45) is 5.92 Å². The summed E-state index contributed by atoms with van der Waals surface area (Å²) in [6, 6.07) is 5.04. The zero-order valence-corrected chi connectivity index (χ0v) is 12.5. The molecule has 0 radical (unpaired) electrons. The lowest BCUT2D eigenvalue weighted by Crippen LogP contribution is -2.38. The third-order valence-electron chi connectivity index (χ3n) is 4.08. The van der Waals surface area contributed by atoms with Crippen molar-refractivity contribution in [3.63, 3.8) is 0 Å². The molecule has 112 valence electrons. The number of benzene rings is 1. The molecule has 0 bridgehead atoms. The predicted molar refractivity (Wildman–Crippen MR) is 78.4 cm³/mol. The van der Waals surface area contributed by atoms with Crippen molar-refractivity contribution in [3.8, 4) is 0 Å². The number of anilines is 1. The van der Waals surface area contributed by atoms with Crippen molar-refractivity contribution in [2.45, 2.75) is 38.8 Å². The van der Waals surface area contributed by atoms with E-state index in [1.54, 1.807) is 20.1 Å². The minimum Gasteiger partial charge on any atom is -0.389 e. The molecule has 1 saturated carbocycles. The Kier molecular flexibility index (Phi) is 5.00. The van der Waals surface area contributed by atoms with Gasteiger partial charge in [0.2, 0.25) is 0 Å². The number of rotatable bonds is 7. The van der Waals surface area contributed by atoms with E-state index in [1.807, 2.05) is 0 Å². The van der Waals surface area contributed by atoms with Crippen molar-refractivity contribution in [1.82, 2.24) is 0 Å². The Morgan fingerprint density at radius 3 is 2.65 bits per heavy atom.